The van der Waals surface area contributed by atoms with Crippen molar-refractivity contribution in [1.29, 1.82) is 0 Å². The van der Waals surface area contributed by atoms with E-state index in [1.165, 1.54) is 17.4 Å². The van der Waals surface area contributed by atoms with Gasteiger partial charge in [-0.15, -0.1) is 11.3 Å². The maximum absolute atomic E-state index is 11.8. The molecule has 114 valence electrons. The van der Waals surface area contributed by atoms with E-state index >= 15 is 0 Å². The first kappa shape index (κ1) is 16.0. The summed E-state index contributed by atoms with van der Waals surface area (Å²) in [5.41, 5.74) is 4.55. The molecule has 0 radical (unpaired) electrons. The molecule has 0 aliphatic heterocycles. The molecule has 2 amide bonds. The Kier molecular flexibility index (Phi) is 5.51. The van der Waals surface area contributed by atoms with Gasteiger partial charge in [0.25, 0.3) is 11.8 Å². The lowest BCUT2D eigenvalue weighted by Gasteiger charge is -2.08. The quantitative estimate of drug-likeness (QED) is 0.660. The Labute approximate surface area is 135 Å². The zero-order valence-corrected chi connectivity index (χ0v) is 12.7. The first-order chi connectivity index (χ1) is 10.6. The minimum atomic E-state index is -0.662. The summed E-state index contributed by atoms with van der Waals surface area (Å²) in [5, 5.41) is 1.99. The van der Waals surface area contributed by atoms with Crippen molar-refractivity contribution in [3.8, 4) is 0 Å². The van der Waals surface area contributed by atoms with Crippen LogP contribution in [0.5, 0.6) is 0 Å². The van der Waals surface area contributed by atoms with Crippen LogP contribution in [-0.2, 0) is 9.53 Å². The van der Waals surface area contributed by atoms with Gasteiger partial charge in [-0.3, -0.25) is 20.4 Å². The van der Waals surface area contributed by atoms with Crippen molar-refractivity contribution in [3.63, 3.8) is 0 Å². The minimum Gasteiger partial charge on any atom is -0.451 e. The fourth-order valence-corrected chi connectivity index (χ4v) is 2.31. The zero-order valence-electron chi connectivity index (χ0n) is 11.2. The molecule has 22 heavy (non-hydrogen) atoms. The maximum atomic E-state index is 11.8. The number of hydrazine groups is 1. The van der Waals surface area contributed by atoms with E-state index in [2.05, 4.69) is 10.9 Å². The third-order valence-electron chi connectivity index (χ3n) is 2.49. The van der Waals surface area contributed by atoms with Crippen LogP contribution in [0.4, 0.5) is 0 Å². The number of thiophene rings is 1. The first-order valence-electron chi connectivity index (χ1n) is 6.12. The number of carbonyl (C=O) groups excluding carboxylic acids is 3. The summed E-state index contributed by atoms with van der Waals surface area (Å²) < 4.78 is 4.79. The predicted molar refractivity (Wildman–Crippen MR) is 81.7 cm³/mol. The molecule has 2 rings (SSSR count). The molecule has 0 saturated carbocycles. The van der Waals surface area contributed by atoms with Gasteiger partial charge in [-0.1, -0.05) is 29.8 Å². The maximum Gasteiger partial charge on any atom is 0.348 e. The Hall–Kier alpha value is -2.38. The van der Waals surface area contributed by atoms with E-state index in [1.54, 1.807) is 35.7 Å². The van der Waals surface area contributed by atoms with Gasteiger partial charge in [-0.2, -0.15) is 0 Å². The van der Waals surface area contributed by atoms with Crippen LogP contribution in [0.3, 0.4) is 0 Å². The van der Waals surface area contributed by atoms with E-state index in [0.29, 0.717) is 4.88 Å². The van der Waals surface area contributed by atoms with Crippen molar-refractivity contribution >= 4 is 40.7 Å². The number of benzene rings is 1. The van der Waals surface area contributed by atoms with E-state index in [4.69, 9.17) is 16.3 Å². The number of ether oxygens (including phenoxy) is 1. The monoisotopic (exact) mass is 338 g/mol. The smallest absolute Gasteiger partial charge is 0.348 e. The summed E-state index contributed by atoms with van der Waals surface area (Å²) in [5.74, 6) is -1.82. The molecule has 8 heteroatoms. The number of nitrogens with one attached hydrogen (secondary N) is 2. The number of carbonyl (C=O) groups is 3. The van der Waals surface area contributed by atoms with Crippen LogP contribution in [0.25, 0.3) is 0 Å². The van der Waals surface area contributed by atoms with Crippen LogP contribution in [0.2, 0.25) is 5.02 Å². The largest absolute Gasteiger partial charge is 0.451 e. The number of halogens is 1. The summed E-state index contributed by atoms with van der Waals surface area (Å²) >= 11 is 7.06. The summed E-state index contributed by atoms with van der Waals surface area (Å²) in [7, 11) is 0. The molecule has 0 unspecified atom stereocenters. The first-order valence-corrected chi connectivity index (χ1v) is 7.38. The van der Waals surface area contributed by atoms with Gasteiger partial charge in [0.2, 0.25) is 0 Å². The molecular formula is C14H11ClN2O4S. The number of esters is 1. The number of rotatable bonds is 4. The second-order valence-electron chi connectivity index (χ2n) is 4.04. The molecule has 1 aromatic heterocycles. The van der Waals surface area contributed by atoms with E-state index in [9.17, 15) is 14.4 Å². The topological polar surface area (TPSA) is 84.5 Å². The average Bonchev–Trinajstić information content (AvgIpc) is 3.05. The Morgan fingerprint density at radius 2 is 1.86 bits per heavy atom. The zero-order chi connectivity index (χ0) is 15.9. The summed E-state index contributed by atoms with van der Waals surface area (Å²) in [6, 6.07) is 9.68. The second kappa shape index (κ2) is 7.58. The van der Waals surface area contributed by atoms with Gasteiger partial charge in [0.1, 0.15) is 4.88 Å². The fourth-order valence-electron chi connectivity index (χ4n) is 1.47. The summed E-state index contributed by atoms with van der Waals surface area (Å²) in [6.07, 6.45) is 0. The molecule has 2 N–H and O–H groups in total. The lowest BCUT2D eigenvalue weighted by Crippen LogP contribution is -2.43. The van der Waals surface area contributed by atoms with Crippen molar-refractivity contribution in [2.45, 2.75) is 0 Å². The molecule has 0 atom stereocenters. The standard InChI is InChI=1S/C14H11ClN2O4S/c15-10-5-2-1-4-9(10)13(19)17-16-12(18)8-21-14(20)11-6-3-7-22-11/h1-7H,8H2,(H,16,18)(H,17,19). The van der Waals surface area contributed by atoms with Crippen molar-refractivity contribution < 1.29 is 19.1 Å². The molecule has 1 heterocycles. The predicted octanol–water partition coefficient (Wildman–Crippen LogP) is 2.02. The van der Waals surface area contributed by atoms with E-state index in [0.717, 1.165) is 0 Å². The van der Waals surface area contributed by atoms with E-state index in [1.807, 2.05) is 0 Å². The lowest BCUT2D eigenvalue weighted by molar-refractivity contribution is -0.125. The van der Waals surface area contributed by atoms with Gasteiger partial charge in [-0.05, 0) is 23.6 Å². The van der Waals surface area contributed by atoms with Crippen LogP contribution >= 0.6 is 22.9 Å². The normalized spacial score (nSPS) is 9.86. The molecule has 0 saturated heterocycles. The molecular weight excluding hydrogens is 328 g/mol. The lowest BCUT2D eigenvalue weighted by atomic mass is 10.2. The molecule has 0 aliphatic carbocycles. The van der Waals surface area contributed by atoms with Crippen LogP contribution in [0, 0.1) is 0 Å². The Morgan fingerprint density at radius 1 is 1.09 bits per heavy atom. The third kappa shape index (κ3) is 4.31. The van der Waals surface area contributed by atoms with E-state index < -0.39 is 24.4 Å². The number of amides is 2. The highest BCUT2D eigenvalue weighted by Crippen LogP contribution is 2.14. The van der Waals surface area contributed by atoms with Crippen molar-refractivity contribution in [3.05, 3.63) is 57.2 Å². The molecule has 2 aromatic rings. The highest BCUT2D eigenvalue weighted by molar-refractivity contribution is 7.11. The average molecular weight is 339 g/mol. The molecule has 0 spiro atoms. The van der Waals surface area contributed by atoms with Crippen molar-refractivity contribution in [1.82, 2.24) is 10.9 Å². The highest BCUT2D eigenvalue weighted by atomic mass is 35.5. The van der Waals surface area contributed by atoms with Gasteiger partial charge in [0.15, 0.2) is 6.61 Å². The van der Waals surface area contributed by atoms with Gasteiger partial charge in [0, 0.05) is 0 Å². The van der Waals surface area contributed by atoms with Crippen LogP contribution in [0.1, 0.15) is 20.0 Å². The third-order valence-corrected chi connectivity index (χ3v) is 3.67. The van der Waals surface area contributed by atoms with Crippen molar-refractivity contribution in [2.24, 2.45) is 0 Å². The minimum absolute atomic E-state index is 0.222. The Bertz CT molecular complexity index is 688. The van der Waals surface area contributed by atoms with Crippen LogP contribution < -0.4 is 10.9 Å². The molecule has 6 nitrogen and oxygen atoms in total. The molecule has 0 aliphatic rings. The van der Waals surface area contributed by atoms with Gasteiger partial charge in [0.05, 0.1) is 10.6 Å². The SMILES string of the molecule is O=C(COC(=O)c1cccs1)NNC(=O)c1ccccc1Cl. The number of hydrogen-bond donors (Lipinski definition) is 2. The van der Waals surface area contributed by atoms with Gasteiger partial charge < -0.3 is 4.74 Å². The second-order valence-corrected chi connectivity index (χ2v) is 5.39. The Balaban J connectivity index is 1.77. The van der Waals surface area contributed by atoms with Crippen molar-refractivity contribution in [2.75, 3.05) is 6.61 Å². The van der Waals surface area contributed by atoms with Crippen LogP contribution in [-0.4, -0.2) is 24.4 Å². The fraction of sp³-hybridized carbons (Fsp3) is 0.0714. The summed E-state index contributed by atoms with van der Waals surface area (Å²) in [6.45, 7) is -0.500. The Morgan fingerprint density at radius 3 is 2.55 bits per heavy atom. The summed E-state index contributed by atoms with van der Waals surface area (Å²) in [4.78, 5) is 35.2. The number of hydrogen-bond acceptors (Lipinski definition) is 5. The van der Waals surface area contributed by atoms with Crippen LogP contribution in [0.15, 0.2) is 41.8 Å². The molecule has 0 fully saturated rings. The molecule has 0 bridgehead atoms. The van der Waals surface area contributed by atoms with E-state index in [-0.39, 0.29) is 10.6 Å². The van der Waals surface area contributed by atoms with Gasteiger partial charge >= 0.3 is 5.97 Å². The van der Waals surface area contributed by atoms with Gasteiger partial charge in [-0.25, -0.2) is 4.79 Å². The highest BCUT2D eigenvalue weighted by Gasteiger charge is 2.13. The molecule has 1 aromatic carbocycles.